The second-order valence-electron chi connectivity index (χ2n) is 5.82. The van der Waals surface area contributed by atoms with Crippen molar-refractivity contribution in [3.8, 4) is 0 Å². The Labute approximate surface area is 144 Å². The summed E-state index contributed by atoms with van der Waals surface area (Å²) in [6.45, 7) is 4.80. The van der Waals surface area contributed by atoms with Crippen molar-refractivity contribution >= 4 is 38.6 Å². The summed E-state index contributed by atoms with van der Waals surface area (Å²) in [4.78, 5) is 27.4. The first-order chi connectivity index (χ1) is 11.1. The van der Waals surface area contributed by atoms with Crippen LogP contribution in [-0.4, -0.2) is 52.4 Å². The fourth-order valence-corrected chi connectivity index (χ4v) is 3.51. The molecule has 0 N–H and O–H groups in total. The summed E-state index contributed by atoms with van der Waals surface area (Å²) >= 11 is 3.55. The lowest BCUT2D eigenvalue weighted by atomic mass is 10.2. The van der Waals surface area contributed by atoms with E-state index in [-0.39, 0.29) is 11.8 Å². The predicted octanol–water partition coefficient (Wildman–Crippen LogP) is 2.48. The topological polar surface area (TPSA) is 45.6 Å². The number of carbonyl (C=O) groups is 2. The molecule has 0 radical (unpaired) electrons. The van der Waals surface area contributed by atoms with E-state index in [4.69, 9.17) is 0 Å². The Kier molecular flexibility index (Phi) is 4.71. The average molecular weight is 378 g/mol. The molecule has 0 spiro atoms. The van der Waals surface area contributed by atoms with Gasteiger partial charge in [0.15, 0.2) is 0 Å². The predicted molar refractivity (Wildman–Crippen MR) is 93.1 cm³/mol. The third-order valence-corrected chi connectivity index (χ3v) is 5.10. The summed E-state index contributed by atoms with van der Waals surface area (Å²) in [6, 6.07) is 8.16. The lowest BCUT2D eigenvalue weighted by molar-refractivity contribution is -0.138. The Bertz CT molecular complexity index is 733. The normalized spacial score (nSPS) is 15.2. The minimum atomic E-state index is 0.0847. The second-order valence-corrected chi connectivity index (χ2v) is 6.67. The number of amides is 2. The van der Waals surface area contributed by atoms with E-state index in [0.29, 0.717) is 39.1 Å². The summed E-state index contributed by atoms with van der Waals surface area (Å²) in [5.74, 6) is 0.242. The number of aryl methyl sites for hydroxylation is 1. The molecular formula is C17H20BrN3O2. The number of rotatable bonds is 3. The van der Waals surface area contributed by atoms with Crippen molar-refractivity contribution < 1.29 is 9.59 Å². The highest BCUT2D eigenvalue weighted by Crippen LogP contribution is 2.24. The largest absolute Gasteiger partial charge is 0.347 e. The third-order valence-electron chi connectivity index (χ3n) is 4.40. The number of halogens is 1. The third kappa shape index (κ3) is 3.42. The van der Waals surface area contributed by atoms with Crippen LogP contribution in [0.2, 0.25) is 0 Å². The van der Waals surface area contributed by atoms with Gasteiger partial charge in [-0.05, 0) is 18.2 Å². The van der Waals surface area contributed by atoms with Gasteiger partial charge in [0.2, 0.25) is 11.8 Å². The standard InChI is InChI=1S/C17H20BrN3O2/c1-13(22)19-9-11-21(12-10-19)17(23)6-8-20-7-5-14-15(18)3-2-4-16(14)20/h2-5,7H,6,8-12H2,1H3. The molecule has 2 amide bonds. The molecule has 1 aromatic carbocycles. The molecule has 0 unspecified atom stereocenters. The zero-order chi connectivity index (χ0) is 16.4. The van der Waals surface area contributed by atoms with Gasteiger partial charge in [-0.3, -0.25) is 9.59 Å². The zero-order valence-corrected chi connectivity index (χ0v) is 14.8. The Morgan fingerprint density at radius 1 is 1.09 bits per heavy atom. The number of piperazine rings is 1. The number of carbonyl (C=O) groups excluding carboxylic acids is 2. The van der Waals surface area contributed by atoms with Gasteiger partial charge in [0.25, 0.3) is 0 Å². The van der Waals surface area contributed by atoms with Gasteiger partial charge in [-0.2, -0.15) is 0 Å². The summed E-state index contributed by atoms with van der Waals surface area (Å²) in [7, 11) is 0. The van der Waals surface area contributed by atoms with Gasteiger partial charge in [-0.1, -0.05) is 22.0 Å². The first kappa shape index (κ1) is 16.1. The lowest BCUT2D eigenvalue weighted by Gasteiger charge is -2.34. The average Bonchev–Trinajstić information content (AvgIpc) is 2.97. The van der Waals surface area contributed by atoms with E-state index in [2.05, 4.69) is 32.6 Å². The van der Waals surface area contributed by atoms with E-state index in [9.17, 15) is 9.59 Å². The molecule has 5 nitrogen and oxygen atoms in total. The first-order valence-corrected chi connectivity index (χ1v) is 8.62. The summed E-state index contributed by atoms with van der Waals surface area (Å²) in [5, 5.41) is 1.16. The minimum absolute atomic E-state index is 0.0847. The molecule has 6 heteroatoms. The molecular weight excluding hydrogens is 358 g/mol. The molecule has 23 heavy (non-hydrogen) atoms. The number of hydrogen-bond acceptors (Lipinski definition) is 2. The van der Waals surface area contributed by atoms with Crippen molar-refractivity contribution in [1.82, 2.24) is 14.4 Å². The number of aromatic nitrogens is 1. The van der Waals surface area contributed by atoms with Crippen molar-refractivity contribution in [3.63, 3.8) is 0 Å². The highest BCUT2D eigenvalue weighted by molar-refractivity contribution is 9.10. The monoisotopic (exact) mass is 377 g/mol. The summed E-state index contributed by atoms with van der Waals surface area (Å²) in [5.41, 5.74) is 1.13. The van der Waals surface area contributed by atoms with Crippen LogP contribution in [0.4, 0.5) is 0 Å². The molecule has 1 aliphatic rings. The molecule has 1 fully saturated rings. The van der Waals surface area contributed by atoms with Crippen LogP contribution in [0.3, 0.4) is 0 Å². The summed E-state index contributed by atoms with van der Waals surface area (Å²) in [6.07, 6.45) is 2.51. The number of nitrogens with zero attached hydrogens (tertiary/aromatic N) is 3. The van der Waals surface area contributed by atoms with Gasteiger partial charge in [0.1, 0.15) is 0 Å². The molecule has 0 atom stereocenters. The van der Waals surface area contributed by atoms with E-state index in [1.807, 2.05) is 23.2 Å². The maximum Gasteiger partial charge on any atom is 0.224 e. The Morgan fingerprint density at radius 2 is 1.78 bits per heavy atom. The van der Waals surface area contributed by atoms with Crippen LogP contribution in [0.5, 0.6) is 0 Å². The van der Waals surface area contributed by atoms with E-state index in [1.165, 1.54) is 0 Å². The maximum atomic E-state index is 12.4. The van der Waals surface area contributed by atoms with E-state index < -0.39 is 0 Å². The highest BCUT2D eigenvalue weighted by Gasteiger charge is 2.22. The van der Waals surface area contributed by atoms with Crippen molar-refractivity contribution in [2.45, 2.75) is 19.9 Å². The van der Waals surface area contributed by atoms with Crippen LogP contribution in [0.15, 0.2) is 34.9 Å². The van der Waals surface area contributed by atoms with Gasteiger partial charge >= 0.3 is 0 Å². The van der Waals surface area contributed by atoms with Crippen molar-refractivity contribution in [2.24, 2.45) is 0 Å². The van der Waals surface area contributed by atoms with Crippen LogP contribution in [0.1, 0.15) is 13.3 Å². The number of hydrogen-bond donors (Lipinski definition) is 0. The van der Waals surface area contributed by atoms with Gasteiger partial charge in [0.05, 0.1) is 0 Å². The molecule has 1 aliphatic heterocycles. The molecule has 1 aromatic heterocycles. The SMILES string of the molecule is CC(=O)N1CCN(C(=O)CCn2ccc3c(Br)cccc32)CC1. The Balaban J connectivity index is 1.59. The maximum absolute atomic E-state index is 12.4. The number of benzene rings is 1. The Morgan fingerprint density at radius 3 is 2.48 bits per heavy atom. The zero-order valence-electron chi connectivity index (χ0n) is 13.2. The van der Waals surface area contributed by atoms with Crippen LogP contribution in [0.25, 0.3) is 10.9 Å². The quantitative estimate of drug-likeness (QED) is 0.824. The molecule has 3 rings (SSSR count). The second kappa shape index (κ2) is 6.74. The van der Waals surface area contributed by atoms with E-state index in [0.717, 1.165) is 15.4 Å². The lowest BCUT2D eigenvalue weighted by Crippen LogP contribution is -2.50. The minimum Gasteiger partial charge on any atom is -0.347 e. The fraction of sp³-hybridized carbons (Fsp3) is 0.412. The van der Waals surface area contributed by atoms with Crippen LogP contribution in [-0.2, 0) is 16.1 Å². The summed E-state index contributed by atoms with van der Waals surface area (Å²) < 4.78 is 3.18. The first-order valence-electron chi connectivity index (χ1n) is 7.83. The van der Waals surface area contributed by atoms with Gasteiger partial charge < -0.3 is 14.4 Å². The van der Waals surface area contributed by atoms with Crippen molar-refractivity contribution in [1.29, 1.82) is 0 Å². The molecule has 1 saturated heterocycles. The number of fused-ring (bicyclic) bond motifs is 1. The van der Waals surface area contributed by atoms with E-state index in [1.54, 1.807) is 11.8 Å². The fourth-order valence-electron chi connectivity index (χ4n) is 3.03. The molecule has 122 valence electrons. The van der Waals surface area contributed by atoms with Crippen LogP contribution < -0.4 is 0 Å². The molecule has 2 heterocycles. The van der Waals surface area contributed by atoms with Crippen molar-refractivity contribution in [3.05, 3.63) is 34.9 Å². The molecule has 0 aliphatic carbocycles. The molecule has 0 bridgehead atoms. The van der Waals surface area contributed by atoms with Crippen LogP contribution in [0, 0.1) is 0 Å². The van der Waals surface area contributed by atoms with Gasteiger partial charge in [0, 0.05) is 67.6 Å². The van der Waals surface area contributed by atoms with Gasteiger partial charge in [-0.15, -0.1) is 0 Å². The Hall–Kier alpha value is -1.82. The van der Waals surface area contributed by atoms with Crippen molar-refractivity contribution in [2.75, 3.05) is 26.2 Å². The van der Waals surface area contributed by atoms with E-state index >= 15 is 0 Å². The molecule has 2 aromatic rings. The smallest absolute Gasteiger partial charge is 0.224 e. The van der Waals surface area contributed by atoms with Crippen LogP contribution >= 0.6 is 15.9 Å². The molecule has 0 saturated carbocycles. The highest BCUT2D eigenvalue weighted by atomic mass is 79.9. The van der Waals surface area contributed by atoms with Gasteiger partial charge in [-0.25, -0.2) is 0 Å².